The van der Waals surface area contributed by atoms with Gasteiger partial charge in [0.1, 0.15) is 11.5 Å². The van der Waals surface area contributed by atoms with Crippen molar-refractivity contribution in [3.05, 3.63) is 35.7 Å². The van der Waals surface area contributed by atoms with E-state index >= 15 is 0 Å². The fraction of sp³-hybridized carbons (Fsp3) is 0.435. The first kappa shape index (κ1) is 23.4. The third-order valence-electron chi connectivity index (χ3n) is 6.23. The van der Waals surface area contributed by atoms with E-state index in [4.69, 9.17) is 14.6 Å². The number of nitrogens with one attached hydrogen (secondary N) is 2. The lowest BCUT2D eigenvalue weighted by Crippen LogP contribution is -2.35. The van der Waals surface area contributed by atoms with Crippen molar-refractivity contribution in [2.24, 2.45) is 7.05 Å². The molecule has 180 valence electrons. The first-order valence-electron chi connectivity index (χ1n) is 11.2. The smallest absolute Gasteiger partial charge is 0.327 e. The van der Waals surface area contributed by atoms with Gasteiger partial charge < -0.3 is 20.5 Å². The Kier molecular flexibility index (Phi) is 6.92. The number of methoxy groups -OCH3 is 1. The summed E-state index contributed by atoms with van der Waals surface area (Å²) in [5, 5.41) is 18.5. The van der Waals surface area contributed by atoms with Crippen molar-refractivity contribution in [1.29, 1.82) is 0 Å². The predicted molar refractivity (Wildman–Crippen MR) is 127 cm³/mol. The fourth-order valence-corrected chi connectivity index (χ4v) is 4.79. The van der Waals surface area contributed by atoms with Gasteiger partial charge in [0.2, 0.25) is 5.88 Å². The van der Waals surface area contributed by atoms with E-state index in [1.807, 2.05) is 25.5 Å². The molecule has 3 N–H and O–H groups in total. The standard InChI is InChI=1S/C22H27N7O2.CH2O2/c1-13-10-14(4-7-23-13)16-5-8-24-20-17(16)6-9-29(20)22(30)25-18-11-15-12-28(2)27-19(15)26-21(18)31-3;2-1-3/h5,8,11-14,23H,4,6-7,9-10H2,1-3H3,(H,25,30);1H,(H,2,3)/t13-,14?;/m0./s1. The van der Waals surface area contributed by atoms with Gasteiger partial charge in [-0.15, -0.1) is 0 Å². The number of rotatable bonds is 3. The van der Waals surface area contributed by atoms with Crippen LogP contribution in [0.2, 0.25) is 0 Å². The zero-order valence-electron chi connectivity index (χ0n) is 19.5. The predicted octanol–water partition coefficient (Wildman–Crippen LogP) is 2.52. The summed E-state index contributed by atoms with van der Waals surface area (Å²) in [5.41, 5.74) is 3.63. The Labute approximate surface area is 197 Å². The summed E-state index contributed by atoms with van der Waals surface area (Å²) >= 11 is 0. The molecule has 1 fully saturated rings. The number of fused-ring (bicyclic) bond motifs is 2. The number of hydrogen-bond donors (Lipinski definition) is 3. The second kappa shape index (κ2) is 10.0. The minimum atomic E-state index is -0.250. The number of anilines is 2. The number of amides is 2. The molecule has 1 saturated heterocycles. The topological polar surface area (TPSA) is 134 Å². The average Bonchev–Trinajstić information content (AvgIpc) is 3.41. The number of nitrogens with zero attached hydrogens (tertiary/aromatic N) is 5. The number of aryl methyl sites for hydroxylation is 1. The molecule has 34 heavy (non-hydrogen) atoms. The Balaban J connectivity index is 0.000000868. The van der Waals surface area contributed by atoms with Crippen molar-refractivity contribution in [2.75, 3.05) is 30.4 Å². The normalized spacial score (nSPS) is 19.2. The Morgan fingerprint density at radius 3 is 2.94 bits per heavy atom. The summed E-state index contributed by atoms with van der Waals surface area (Å²) in [6.07, 6.45) is 6.73. The summed E-state index contributed by atoms with van der Waals surface area (Å²) in [4.78, 5) is 32.2. The maximum absolute atomic E-state index is 13.2. The molecule has 0 spiro atoms. The number of pyridine rings is 2. The molecule has 0 bridgehead atoms. The molecular formula is C23H29N7O4. The molecule has 5 rings (SSSR count). The van der Waals surface area contributed by atoms with Crippen molar-refractivity contribution >= 4 is 35.0 Å². The summed E-state index contributed by atoms with van der Waals surface area (Å²) in [6.45, 7) is 3.61. The first-order valence-corrected chi connectivity index (χ1v) is 11.2. The van der Waals surface area contributed by atoms with E-state index in [0.717, 1.165) is 37.0 Å². The zero-order valence-corrected chi connectivity index (χ0v) is 19.5. The fourth-order valence-electron chi connectivity index (χ4n) is 4.79. The van der Waals surface area contributed by atoms with E-state index < -0.39 is 0 Å². The lowest BCUT2D eigenvalue weighted by molar-refractivity contribution is -0.122. The van der Waals surface area contributed by atoms with Crippen LogP contribution < -0.4 is 20.3 Å². The summed E-state index contributed by atoms with van der Waals surface area (Å²) in [7, 11) is 3.37. The van der Waals surface area contributed by atoms with Gasteiger partial charge in [-0.05, 0) is 56.3 Å². The van der Waals surface area contributed by atoms with Crippen molar-refractivity contribution < 1.29 is 19.4 Å². The van der Waals surface area contributed by atoms with Crippen LogP contribution in [0.4, 0.5) is 16.3 Å². The lowest BCUT2D eigenvalue weighted by Gasteiger charge is -2.29. The molecule has 2 atom stereocenters. The van der Waals surface area contributed by atoms with Gasteiger partial charge in [-0.2, -0.15) is 10.1 Å². The number of urea groups is 1. The average molecular weight is 468 g/mol. The number of aromatic nitrogens is 4. The number of ether oxygens (including phenoxy) is 1. The summed E-state index contributed by atoms with van der Waals surface area (Å²) in [6, 6.07) is 4.24. The molecule has 11 heteroatoms. The van der Waals surface area contributed by atoms with Gasteiger partial charge in [-0.1, -0.05) is 0 Å². The first-order chi connectivity index (χ1) is 16.4. The molecule has 11 nitrogen and oxygen atoms in total. The molecule has 5 heterocycles. The highest BCUT2D eigenvalue weighted by atomic mass is 16.5. The Morgan fingerprint density at radius 2 is 2.21 bits per heavy atom. The molecule has 2 aliphatic rings. The van der Waals surface area contributed by atoms with Gasteiger partial charge in [-0.3, -0.25) is 14.4 Å². The number of carbonyl (C=O) groups is 2. The van der Waals surface area contributed by atoms with E-state index in [2.05, 4.69) is 38.7 Å². The van der Waals surface area contributed by atoms with Crippen LogP contribution in [0.3, 0.4) is 0 Å². The monoisotopic (exact) mass is 467 g/mol. The largest absolute Gasteiger partial charge is 0.483 e. The molecule has 0 aromatic carbocycles. The maximum Gasteiger partial charge on any atom is 0.327 e. The highest BCUT2D eigenvalue weighted by molar-refractivity contribution is 6.04. The quantitative estimate of drug-likeness (QED) is 0.500. The molecule has 0 radical (unpaired) electrons. The molecule has 3 aromatic heterocycles. The summed E-state index contributed by atoms with van der Waals surface area (Å²) in [5.74, 6) is 1.60. The molecule has 3 aromatic rings. The van der Waals surface area contributed by atoms with Crippen molar-refractivity contribution in [3.8, 4) is 5.88 Å². The highest BCUT2D eigenvalue weighted by Gasteiger charge is 2.31. The van der Waals surface area contributed by atoms with Crippen LogP contribution in [-0.4, -0.2) is 63.6 Å². The van der Waals surface area contributed by atoms with Crippen LogP contribution in [0, 0.1) is 0 Å². The maximum atomic E-state index is 13.2. The molecule has 0 saturated carbocycles. The van der Waals surface area contributed by atoms with Crippen LogP contribution >= 0.6 is 0 Å². The van der Waals surface area contributed by atoms with Crippen molar-refractivity contribution in [3.63, 3.8) is 0 Å². The van der Waals surface area contributed by atoms with Crippen molar-refractivity contribution in [2.45, 2.75) is 38.1 Å². The highest BCUT2D eigenvalue weighted by Crippen LogP contribution is 2.37. The number of carboxylic acid groups (broad SMARTS) is 1. The number of hydrogen-bond acceptors (Lipinski definition) is 7. The molecule has 2 aliphatic heterocycles. The van der Waals surface area contributed by atoms with E-state index in [0.29, 0.717) is 35.7 Å². The van der Waals surface area contributed by atoms with Gasteiger partial charge in [0.25, 0.3) is 6.47 Å². The van der Waals surface area contributed by atoms with E-state index in [-0.39, 0.29) is 12.5 Å². The Bertz CT molecular complexity index is 1200. The van der Waals surface area contributed by atoms with Gasteiger partial charge in [0.15, 0.2) is 5.65 Å². The Morgan fingerprint density at radius 1 is 1.41 bits per heavy atom. The van der Waals surface area contributed by atoms with Gasteiger partial charge >= 0.3 is 6.03 Å². The zero-order chi connectivity index (χ0) is 24.2. The van der Waals surface area contributed by atoms with Crippen molar-refractivity contribution in [1.82, 2.24) is 25.1 Å². The van der Waals surface area contributed by atoms with E-state index in [9.17, 15) is 4.79 Å². The molecule has 0 aliphatic carbocycles. The van der Waals surface area contributed by atoms with Crippen LogP contribution in [0.1, 0.15) is 36.8 Å². The number of piperidine rings is 1. The van der Waals surface area contributed by atoms with Crippen LogP contribution in [-0.2, 0) is 18.3 Å². The van der Waals surface area contributed by atoms with Gasteiger partial charge in [0, 0.05) is 43.0 Å². The van der Waals surface area contributed by atoms with Gasteiger partial charge in [-0.25, -0.2) is 9.78 Å². The second-order valence-corrected chi connectivity index (χ2v) is 8.48. The van der Waals surface area contributed by atoms with Crippen LogP contribution in [0.5, 0.6) is 5.88 Å². The van der Waals surface area contributed by atoms with Crippen LogP contribution in [0.15, 0.2) is 24.5 Å². The minimum absolute atomic E-state index is 0.231. The minimum Gasteiger partial charge on any atom is -0.483 e. The van der Waals surface area contributed by atoms with Crippen LogP contribution in [0.25, 0.3) is 11.0 Å². The Hall–Kier alpha value is -3.73. The van der Waals surface area contributed by atoms with E-state index in [1.54, 1.807) is 9.58 Å². The van der Waals surface area contributed by atoms with E-state index in [1.165, 1.54) is 18.2 Å². The third-order valence-corrected chi connectivity index (χ3v) is 6.23. The molecule has 2 amide bonds. The second-order valence-electron chi connectivity index (χ2n) is 8.48. The number of carbonyl (C=O) groups excluding carboxylic acids is 1. The summed E-state index contributed by atoms with van der Waals surface area (Å²) < 4.78 is 7.08. The third kappa shape index (κ3) is 4.65. The van der Waals surface area contributed by atoms with Gasteiger partial charge in [0.05, 0.1) is 7.11 Å². The molecule has 1 unspecified atom stereocenters. The lowest BCUT2D eigenvalue weighted by atomic mass is 9.84. The SMILES string of the molecule is COc1nc2nn(C)cc2cc1NC(=O)N1CCc2c(C3CCN[C@@H](C)C3)ccnc21.O=CO. The molecular weight excluding hydrogens is 438 g/mol.